The van der Waals surface area contributed by atoms with Gasteiger partial charge >= 0.3 is 0 Å². The second-order valence-corrected chi connectivity index (χ2v) is 21.6. The van der Waals surface area contributed by atoms with Crippen LogP contribution in [-0.4, -0.2) is 59.1 Å². The Balaban J connectivity index is 3.14. The van der Waals surface area contributed by atoms with Crippen LogP contribution in [-0.2, 0) is 18.3 Å². The highest BCUT2D eigenvalue weighted by Crippen LogP contribution is 2.42. The molecule has 174 valence electrons. The van der Waals surface area contributed by atoms with E-state index in [1.165, 1.54) is 0 Å². The molecule has 0 bridgehead atoms. The van der Waals surface area contributed by atoms with Gasteiger partial charge in [0.2, 0.25) is 0 Å². The molecule has 0 radical (unpaired) electrons. The van der Waals surface area contributed by atoms with Crippen LogP contribution in [0.15, 0.2) is 0 Å². The first-order chi connectivity index (χ1) is 12.8. The molecule has 0 aromatic carbocycles. The molecule has 1 heterocycles. The number of aliphatic hydroxyl groups excluding tert-OH is 1. The molecule has 1 aliphatic heterocycles. The molecule has 0 unspecified atom stereocenters. The average molecular weight is 449 g/mol. The SMILES string of the molecule is CC1(C)O[C@H]([C@@H](CO[Si](C)(C)C(C)(C)C)O[Si](C)(C)C(C)(C)C)[C@H](CCCO)O1. The lowest BCUT2D eigenvalue weighted by Gasteiger charge is -2.43. The number of ether oxygens (including phenoxy) is 2. The normalized spacial score (nSPS) is 24.7. The summed E-state index contributed by atoms with van der Waals surface area (Å²) in [5, 5.41) is 9.57. The topological polar surface area (TPSA) is 57.2 Å². The maximum absolute atomic E-state index is 9.33. The first kappa shape index (κ1) is 27.3. The molecule has 5 nitrogen and oxygen atoms in total. The van der Waals surface area contributed by atoms with E-state index in [9.17, 15) is 5.11 Å². The van der Waals surface area contributed by atoms with Crippen LogP contribution < -0.4 is 0 Å². The summed E-state index contributed by atoms with van der Waals surface area (Å²) in [4.78, 5) is 0. The molecule has 0 aliphatic carbocycles. The van der Waals surface area contributed by atoms with Crippen LogP contribution in [0.4, 0.5) is 0 Å². The maximum atomic E-state index is 9.33. The first-order valence-electron chi connectivity index (χ1n) is 11.1. The van der Waals surface area contributed by atoms with Crippen LogP contribution in [0.5, 0.6) is 0 Å². The fraction of sp³-hybridized carbons (Fsp3) is 1.00. The Morgan fingerprint density at radius 2 is 1.45 bits per heavy atom. The molecule has 1 rings (SSSR count). The van der Waals surface area contributed by atoms with Crippen molar-refractivity contribution in [3.8, 4) is 0 Å². The average Bonchev–Trinajstić information content (AvgIpc) is 2.81. The molecule has 29 heavy (non-hydrogen) atoms. The zero-order valence-electron chi connectivity index (χ0n) is 21.1. The molecule has 0 aromatic heterocycles. The molecule has 0 saturated carbocycles. The number of aliphatic hydroxyl groups is 1. The van der Waals surface area contributed by atoms with Crippen molar-refractivity contribution in [2.45, 2.75) is 129 Å². The third-order valence-corrected chi connectivity index (χ3v) is 15.9. The Morgan fingerprint density at radius 1 is 0.931 bits per heavy atom. The Bertz CT molecular complexity index is 520. The second-order valence-electron chi connectivity index (χ2n) is 12.0. The summed E-state index contributed by atoms with van der Waals surface area (Å²) in [7, 11) is -3.96. The van der Waals surface area contributed by atoms with Gasteiger partial charge in [-0.25, -0.2) is 0 Å². The molecule has 0 spiro atoms. The Morgan fingerprint density at radius 3 is 1.90 bits per heavy atom. The predicted octanol–water partition coefficient (Wildman–Crippen LogP) is 5.69. The smallest absolute Gasteiger partial charge is 0.192 e. The highest BCUT2D eigenvalue weighted by atomic mass is 28.4. The number of hydrogen-bond acceptors (Lipinski definition) is 5. The highest BCUT2D eigenvalue weighted by Gasteiger charge is 2.49. The summed E-state index contributed by atoms with van der Waals surface area (Å²) in [6.45, 7) is 27.2. The van der Waals surface area contributed by atoms with E-state index in [2.05, 4.69) is 67.7 Å². The zero-order chi connectivity index (χ0) is 22.9. The van der Waals surface area contributed by atoms with E-state index in [1.54, 1.807) is 0 Å². The molecule has 1 fully saturated rings. The van der Waals surface area contributed by atoms with E-state index in [0.717, 1.165) is 6.42 Å². The van der Waals surface area contributed by atoms with Gasteiger partial charge in [-0.3, -0.25) is 0 Å². The van der Waals surface area contributed by atoms with E-state index in [0.29, 0.717) is 13.0 Å². The molecule has 3 atom stereocenters. The van der Waals surface area contributed by atoms with Crippen LogP contribution in [0.2, 0.25) is 36.3 Å². The van der Waals surface area contributed by atoms with Crippen LogP contribution in [0, 0.1) is 0 Å². The van der Waals surface area contributed by atoms with Gasteiger partial charge in [-0.1, -0.05) is 41.5 Å². The molecular weight excluding hydrogens is 400 g/mol. The highest BCUT2D eigenvalue weighted by molar-refractivity contribution is 6.74. The molecule has 1 saturated heterocycles. The first-order valence-corrected chi connectivity index (χ1v) is 16.9. The van der Waals surface area contributed by atoms with Crippen molar-refractivity contribution < 1.29 is 23.4 Å². The minimum Gasteiger partial charge on any atom is -0.414 e. The van der Waals surface area contributed by atoms with E-state index >= 15 is 0 Å². The predicted molar refractivity (Wildman–Crippen MR) is 125 cm³/mol. The van der Waals surface area contributed by atoms with Gasteiger partial charge < -0.3 is 23.4 Å². The fourth-order valence-electron chi connectivity index (χ4n) is 2.95. The van der Waals surface area contributed by atoms with Crippen LogP contribution in [0.3, 0.4) is 0 Å². The molecule has 0 aromatic rings. The van der Waals surface area contributed by atoms with Crippen molar-refractivity contribution in [3.05, 3.63) is 0 Å². The van der Waals surface area contributed by atoms with Crippen LogP contribution in [0.1, 0.15) is 68.2 Å². The lowest BCUT2D eigenvalue weighted by atomic mass is 10.0. The fourth-order valence-corrected chi connectivity index (χ4v) is 5.28. The van der Waals surface area contributed by atoms with Crippen LogP contribution >= 0.6 is 0 Å². The third kappa shape index (κ3) is 7.40. The minimum absolute atomic E-state index is 0.0950. The van der Waals surface area contributed by atoms with Gasteiger partial charge in [0.25, 0.3) is 0 Å². The van der Waals surface area contributed by atoms with E-state index in [1.807, 2.05) is 13.8 Å². The van der Waals surface area contributed by atoms with Gasteiger partial charge in [-0.05, 0) is 63.0 Å². The second kappa shape index (κ2) is 9.39. The summed E-state index contributed by atoms with van der Waals surface area (Å²) in [6.07, 6.45) is 0.958. The van der Waals surface area contributed by atoms with E-state index < -0.39 is 22.4 Å². The van der Waals surface area contributed by atoms with Crippen molar-refractivity contribution in [2.75, 3.05) is 13.2 Å². The lowest BCUT2D eigenvalue weighted by molar-refractivity contribution is -0.156. The van der Waals surface area contributed by atoms with Crippen molar-refractivity contribution in [3.63, 3.8) is 0 Å². The summed E-state index contributed by atoms with van der Waals surface area (Å²) in [5.74, 6) is -0.656. The van der Waals surface area contributed by atoms with Crippen molar-refractivity contribution in [1.29, 1.82) is 0 Å². The number of rotatable bonds is 9. The zero-order valence-corrected chi connectivity index (χ0v) is 23.1. The summed E-state index contributed by atoms with van der Waals surface area (Å²) >= 11 is 0. The minimum atomic E-state index is -2.03. The van der Waals surface area contributed by atoms with Gasteiger partial charge in [0.15, 0.2) is 22.4 Å². The quantitative estimate of drug-likeness (QED) is 0.459. The Labute approximate surface area is 182 Å². The van der Waals surface area contributed by atoms with Gasteiger partial charge in [-0.15, -0.1) is 0 Å². The Kier molecular flexibility index (Phi) is 8.83. The van der Waals surface area contributed by atoms with E-state index in [4.69, 9.17) is 18.3 Å². The summed E-state index contributed by atoms with van der Waals surface area (Å²) in [5.41, 5.74) is 0. The van der Waals surface area contributed by atoms with Gasteiger partial charge in [-0.2, -0.15) is 0 Å². The molecule has 0 amide bonds. The molecule has 1 N–H and O–H groups in total. The van der Waals surface area contributed by atoms with Crippen molar-refractivity contribution >= 4 is 16.6 Å². The standard InChI is InChI=1S/C22H48O5Si2/c1-20(2,3)28(9,10)24-16-18(27-29(11,12)21(4,5)6)19-17(14-13-15-23)25-22(7,8)26-19/h17-19,23H,13-16H2,1-12H3/t17-,18+,19-/m0/s1. The third-order valence-electron chi connectivity index (χ3n) is 6.90. The van der Waals surface area contributed by atoms with Gasteiger partial charge in [0.1, 0.15) is 6.10 Å². The summed E-state index contributed by atoms with van der Waals surface area (Å²) in [6, 6.07) is 0. The van der Waals surface area contributed by atoms with Crippen LogP contribution in [0.25, 0.3) is 0 Å². The summed E-state index contributed by atoms with van der Waals surface area (Å²) < 4.78 is 26.0. The molecule has 7 heteroatoms. The number of hydrogen-bond donors (Lipinski definition) is 1. The largest absolute Gasteiger partial charge is 0.414 e. The van der Waals surface area contributed by atoms with Gasteiger partial charge in [0.05, 0.1) is 18.8 Å². The van der Waals surface area contributed by atoms with Gasteiger partial charge in [0, 0.05) is 6.61 Å². The molecule has 1 aliphatic rings. The monoisotopic (exact) mass is 448 g/mol. The molecular formula is C22H48O5Si2. The maximum Gasteiger partial charge on any atom is 0.192 e. The van der Waals surface area contributed by atoms with E-state index in [-0.39, 0.29) is 35.0 Å². The lowest BCUT2D eigenvalue weighted by Crippen LogP contribution is -2.53. The van der Waals surface area contributed by atoms with Crippen molar-refractivity contribution in [1.82, 2.24) is 0 Å². The van der Waals surface area contributed by atoms with Crippen molar-refractivity contribution in [2.24, 2.45) is 0 Å². The Hall–Kier alpha value is 0.234.